The fourth-order valence-corrected chi connectivity index (χ4v) is 2.62. The fraction of sp³-hybridized carbons (Fsp3) is 0.0909. The molecule has 1 aromatic heterocycles. The van der Waals surface area contributed by atoms with Crippen LogP contribution in [0, 0.1) is 18.3 Å². The molecule has 0 aliphatic rings. The van der Waals surface area contributed by atoms with Gasteiger partial charge in [0.2, 0.25) is 5.78 Å². The number of nitriles is 1. The molecule has 0 atom stereocenters. The molecule has 5 heteroatoms. The van der Waals surface area contributed by atoms with Gasteiger partial charge >= 0.3 is 0 Å². The Morgan fingerprint density at radius 3 is 2.63 bits per heavy atom. The molecule has 1 heterocycles. The van der Waals surface area contributed by atoms with Crippen LogP contribution in [0.2, 0.25) is 0 Å². The van der Waals surface area contributed by atoms with E-state index in [1.807, 2.05) is 61.7 Å². The number of aromatic nitrogens is 3. The summed E-state index contributed by atoms with van der Waals surface area (Å²) in [5, 5.41) is 17.5. The zero-order chi connectivity index (χ0) is 19.1. The van der Waals surface area contributed by atoms with Crippen molar-refractivity contribution in [3.05, 3.63) is 101 Å². The smallest absolute Gasteiger partial charge is 0.203 e. The average molecular weight is 354 g/mol. The summed E-state index contributed by atoms with van der Waals surface area (Å²) in [7, 11) is 0. The molecule has 0 saturated carbocycles. The maximum Gasteiger partial charge on any atom is 0.203 e. The van der Waals surface area contributed by atoms with Crippen LogP contribution in [0.15, 0.2) is 78.5 Å². The van der Waals surface area contributed by atoms with Gasteiger partial charge in [0.1, 0.15) is 11.8 Å². The Morgan fingerprint density at radius 1 is 1.15 bits per heavy atom. The number of carbonyl (C=O) groups excluding carboxylic acids is 1. The average Bonchev–Trinajstić information content (AvgIpc) is 3.13. The molecule has 0 aliphatic carbocycles. The van der Waals surface area contributed by atoms with Crippen LogP contribution in [0.1, 0.15) is 27.2 Å². The van der Waals surface area contributed by atoms with E-state index in [0.29, 0.717) is 17.8 Å². The highest BCUT2D eigenvalue weighted by Gasteiger charge is 2.12. The summed E-state index contributed by atoms with van der Waals surface area (Å²) in [4.78, 5) is 12.5. The summed E-state index contributed by atoms with van der Waals surface area (Å²) in [6.45, 7) is 2.48. The van der Waals surface area contributed by atoms with Crippen LogP contribution in [-0.2, 0) is 6.54 Å². The molecule has 0 saturated heterocycles. The molecule has 0 N–H and O–H groups in total. The first kappa shape index (κ1) is 18.0. The van der Waals surface area contributed by atoms with Crippen LogP contribution >= 0.6 is 0 Å². The first-order valence-corrected chi connectivity index (χ1v) is 8.50. The molecule has 0 amide bonds. The minimum atomic E-state index is -0.284. The number of benzene rings is 2. The minimum absolute atomic E-state index is 0.0808. The topological polar surface area (TPSA) is 71.6 Å². The number of carbonyl (C=O) groups is 1. The van der Waals surface area contributed by atoms with Gasteiger partial charge in [0.25, 0.3) is 0 Å². The molecule has 0 unspecified atom stereocenters. The lowest BCUT2D eigenvalue weighted by Gasteiger charge is -2.02. The van der Waals surface area contributed by atoms with Gasteiger partial charge in [-0.15, -0.1) is 5.10 Å². The molecule has 0 fully saturated rings. The maximum absolute atomic E-state index is 12.5. The third-order valence-electron chi connectivity index (χ3n) is 4.03. The van der Waals surface area contributed by atoms with Crippen LogP contribution in [-0.4, -0.2) is 20.8 Å². The molecule has 0 aliphatic heterocycles. The Hall–Kier alpha value is -3.78. The number of Topliss-reactive ketones (excluding diaryl/α,β-unsaturated/α-hetero) is 1. The molecule has 2 aromatic carbocycles. The highest BCUT2D eigenvalue weighted by Crippen LogP contribution is 2.13. The Kier molecular flexibility index (Phi) is 5.70. The Morgan fingerprint density at radius 2 is 1.89 bits per heavy atom. The number of nitrogens with zero attached hydrogens (tertiary/aromatic N) is 4. The lowest BCUT2D eigenvalue weighted by molar-refractivity contribution is 0.103. The van der Waals surface area contributed by atoms with Crippen LogP contribution in [0.5, 0.6) is 0 Å². The standard InChI is InChI=1S/C22H18N4O/c1-17-8-5-6-13-21(17)22(27)19(14-23)11-7-12-20-16-26(25-24-20)15-18-9-3-2-4-10-18/h2-13,16H,15H2,1H3/b12-7+,19-11+. The minimum Gasteiger partial charge on any atom is -0.288 e. The molecule has 0 radical (unpaired) electrons. The lowest BCUT2D eigenvalue weighted by atomic mass is 9.99. The van der Waals surface area contributed by atoms with Crippen LogP contribution < -0.4 is 0 Å². The molecule has 132 valence electrons. The quantitative estimate of drug-likeness (QED) is 0.290. The Labute approximate surface area is 157 Å². The van der Waals surface area contributed by atoms with E-state index < -0.39 is 0 Å². The summed E-state index contributed by atoms with van der Waals surface area (Å²) in [6.07, 6.45) is 6.68. The van der Waals surface area contributed by atoms with Gasteiger partial charge in [0, 0.05) is 5.56 Å². The van der Waals surface area contributed by atoms with Crippen LogP contribution in [0.3, 0.4) is 0 Å². The van der Waals surface area contributed by atoms with Gasteiger partial charge in [-0.05, 0) is 30.2 Å². The molecule has 0 spiro atoms. The maximum atomic E-state index is 12.5. The highest BCUT2D eigenvalue weighted by atomic mass is 16.1. The molecular weight excluding hydrogens is 336 g/mol. The number of hydrogen-bond donors (Lipinski definition) is 0. The summed E-state index contributed by atoms with van der Waals surface area (Å²) < 4.78 is 1.74. The molecule has 27 heavy (non-hydrogen) atoms. The van der Waals surface area contributed by atoms with E-state index in [1.165, 1.54) is 6.08 Å². The van der Waals surface area contributed by atoms with Crippen molar-refractivity contribution in [3.63, 3.8) is 0 Å². The monoisotopic (exact) mass is 354 g/mol. The van der Waals surface area contributed by atoms with Gasteiger partial charge in [0.05, 0.1) is 18.3 Å². The van der Waals surface area contributed by atoms with Crippen molar-refractivity contribution in [1.29, 1.82) is 5.26 Å². The van der Waals surface area contributed by atoms with Crippen molar-refractivity contribution >= 4 is 11.9 Å². The molecular formula is C22H18N4O. The second-order valence-corrected chi connectivity index (χ2v) is 6.02. The van der Waals surface area contributed by atoms with E-state index in [0.717, 1.165) is 11.1 Å². The van der Waals surface area contributed by atoms with E-state index in [9.17, 15) is 10.1 Å². The van der Waals surface area contributed by atoms with E-state index in [2.05, 4.69) is 10.3 Å². The zero-order valence-corrected chi connectivity index (χ0v) is 14.9. The number of allylic oxidation sites excluding steroid dienone is 3. The van der Waals surface area contributed by atoms with Gasteiger partial charge in [-0.1, -0.05) is 65.9 Å². The molecule has 3 rings (SSSR count). The summed E-state index contributed by atoms with van der Waals surface area (Å²) in [5.74, 6) is -0.284. The number of rotatable bonds is 6. The molecule has 5 nitrogen and oxygen atoms in total. The number of hydrogen-bond acceptors (Lipinski definition) is 4. The first-order valence-electron chi connectivity index (χ1n) is 8.50. The van der Waals surface area contributed by atoms with Crippen molar-refractivity contribution in [2.45, 2.75) is 13.5 Å². The normalized spacial score (nSPS) is 11.5. The number of ketones is 1. The van der Waals surface area contributed by atoms with Gasteiger partial charge in [-0.3, -0.25) is 4.79 Å². The third-order valence-corrected chi connectivity index (χ3v) is 4.03. The van der Waals surface area contributed by atoms with Gasteiger partial charge in [-0.2, -0.15) is 5.26 Å². The Bertz CT molecular complexity index is 1040. The highest BCUT2D eigenvalue weighted by molar-refractivity contribution is 6.12. The largest absolute Gasteiger partial charge is 0.288 e. The summed E-state index contributed by atoms with van der Waals surface area (Å²) in [6, 6.07) is 19.2. The van der Waals surface area contributed by atoms with Crippen molar-refractivity contribution < 1.29 is 4.79 Å². The van der Waals surface area contributed by atoms with E-state index in [-0.39, 0.29) is 11.4 Å². The number of aryl methyl sites for hydroxylation is 1. The van der Waals surface area contributed by atoms with Crippen LogP contribution in [0.25, 0.3) is 6.08 Å². The third kappa shape index (κ3) is 4.65. The first-order chi connectivity index (χ1) is 13.2. The predicted octanol–water partition coefficient (Wildman–Crippen LogP) is 3.98. The Balaban J connectivity index is 1.71. The zero-order valence-electron chi connectivity index (χ0n) is 14.9. The predicted molar refractivity (Wildman–Crippen MR) is 104 cm³/mol. The van der Waals surface area contributed by atoms with Crippen molar-refractivity contribution in [1.82, 2.24) is 15.0 Å². The van der Waals surface area contributed by atoms with Crippen molar-refractivity contribution in [2.75, 3.05) is 0 Å². The second kappa shape index (κ2) is 8.54. The van der Waals surface area contributed by atoms with Gasteiger partial charge in [0.15, 0.2) is 0 Å². The second-order valence-electron chi connectivity index (χ2n) is 6.02. The lowest BCUT2D eigenvalue weighted by Crippen LogP contribution is -2.03. The van der Waals surface area contributed by atoms with E-state index in [4.69, 9.17) is 0 Å². The molecule has 3 aromatic rings. The molecule has 0 bridgehead atoms. The van der Waals surface area contributed by atoms with Crippen LogP contribution in [0.4, 0.5) is 0 Å². The van der Waals surface area contributed by atoms with E-state index in [1.54, 1.807) is 29.0 Å². The van der Waals surface area contributed by atoms with Gasteiger partial charge in [-0.25, -0.2) is 4.68 Å². The summed E-state index contributed by atoms with van der Waals surface area (Å²) >= 11 is 0. The van der Waals surface area contributed by atoms with Crippen molar-refractivity contribution in [3.8, 4) is 6.07 Å². The van der Waals surface area contributed by atoms with Crippen molar-refractivity contribution in [2.24, 2.45) is 0 Å². The van der Waals surface area contributed by atoms with E-state index >= 15 is 0 Å². The van der Waals surface area contributed by atoms with Gasteiger partial charge < -0.3 is 0 Å². The SMILES string of the molecule is Cc1ccccc1C(=O)/C(C#N)=C/C=C/c1cn(Cc2ccccc2)nn1. The summed E-state index contributed by atoms with van der Waals surface area (Å²) in [5.41, 5.74) is 3.25. The fourth-order valence-electron chi connectivity index (χ4n) is 2.62.